The summed E-state index contributed by atoms with van der Waals surface area (Å²) in [5.74, 6) is -1.85. The number of hydrogen-bond donors (Lipinski definition) is 2. The van der Waals surface area contributed by atoms with Crippen molar-refractivity contribution in [1.82, 2.24) is 9.80 Å². The summed E-state index contributed by atoms with van der Waals surface area (Å²) in [5.41, 5.74) is 5.11. The molecule has 1 aliphatic heterocycles. The average Bonchev–Trinajstić information content (AvgIpc) is 2.63. The van der Waals surface area contributed by atoms with Crippen molar-refractivity contribution in [2.24, 2.45) is 5.73 Å². The smallest absolute Gasteiger partial charge is 0.317 e. The monoisotopic (exact) mass is 285 g/mol. The van der Waals surface area contributed by atoms with E-state index in [-0.39, 0.29) is 19.0 Å². The fraction of sp³-hybridized carbons (Fsp3) is 0.769. The van der Waals surface area contributed by atoms with Gasteiger partial charge >= 0.3 is 5.97 Å². The summed E-state index contributed by atoms with van der Waals surface area (Å²) >= 11 is 0. The number of carboxylic acid groups (broad SMARTS) is 1. The molecule has 1 rings (SSSR count). The van der Waals surface area contributed by atoms with Gasteiger partial charge in [0.1, 0.15) is 0 Å². The number of carbonyl (C=O) groups is 3. The Bertz CT molecular complexity index is 349. The predicted octanol–water partition coefficient (Wildman–Crippen LogP) is -0.351. The fourth-order valence-corrected chi connectivity index (χ4v) is 2.42. The molecule has 7 heteroatoms. The van der Waals surface area contributed by atoms with Gasteiger partial charge < -0.3 is 15.7 Å². The molecular weight excluding hydrogens is 262 g/mol. The fourth-order valence-electron chi connectivity index (χ4n) is 2.42. The number of carboxylic acids is 1. The number of amides is 2. The van der Waals surface area contributed by atoms with Gasteiger partial charge in [0.05, 0.1) is 19.1 Å². The lowest BCUT2D eigenvalue weighted by Gasteiger charge is -2.30. The van der Waals surface area contributed by atoms with Gasteiger partial charge in [-0.15, -0.1) is 0 Å². The normalized spacial score (nSPS) is 17.6. The molecule has 0 bridgehead atoms. The van der Waals surface area contributed by atoms with Crippen molar-refractivity contribution < 1.29 is 19.5 Å². The zero-order valence-corrected chi connectivity index (χ0v) is 11.9. The van der Waals surface area contributed by atoms with E-state index in [0.29, 0.717) is 13.1 Å². The van der Waals surface area contributed by atoms with E-state index in [1.807, 2.05) is 0 Å². The Morgan fingerprint density at radius 3 is 2.15 bits per heavy atom. The van der Waals surface area contributed by atoms with E-state index in [0.717, 1.165) is 25.7 Å². The minimum absolute atomic E-state index is 0.130. The van der Waals surface area contributed by atoms with Crippen LogP contribution in [0.2, 0.25) is 0 Å². The number of likely N-dealkylation sites (tertiary alicyclic amines) is 1. The van der Waals surface area contributed by atoms with Crippen LogP contribution >= 0.6 is 0 Å². The Morgan fingerprint density at radius 1 is 1.15 bits per heavy atom. The van der Waals surface area contributed by atoms with Crippen molar-refractivity contribution in [1.29, 1.82) is 0 Å². The third kappa shape index (κ3) is 5.16. The van der Waals surface area contributed by atoms with E-state index in [2.05, 4.69) is 0 Å². The summed E-state index contributed by atoms with van der Waals surface area (Å²) in [6.45, 7) is 2.41. The van der Waals surface area contributed by atoms with Crippen molar-refractivity contribution in [3.05, 3.63) is 0 Å². The molecule has 2 amide bonds. The topological polar surface area (TPSA) is 104 Å². The van der Waals surface area contributed by atoms with Gasteiger partial charge in [0.2, 0.25) is 11.8 Å². The molecule has 1 heterocycles. The van der Waals surface area contributed by atoms with Crippen molar-refractivity contribution in [3.8, 4) is 0 Å². The van der Waals surface area contributed by atoms with Crippen LogP contribution in [-0.2, 0) is 14.4 Å². The van der Waals surface area contributed by atoms with Crippen LogP contribution < -0.4 is 5.73 Å². The van der Waals surface area contributed by atoms with E-state index in [1.165, 1.54) is 4.90 Å². The number of carbonyl (C=O) groups excluding carboxylic acids is 2. The molecule has 0 saturated carbocycles. The number of nitrogens with two attached hydrogens (primary N) is 1. The molecule has 1 atom stereocenters. The highest BCUT2D eigenvalue weighted by Crippen LogP contribution is 2.12. The summed E-state index contributed by atoms with van der Waals surface area (Å²) < 4.78 is 0. The van der Waals surface area contributed by atoms with Crippen molar-refractivity contribution in [2.45, 2.75) is 38.6 Å². The third-order valence-corrected chi connectivity index (χ3v) is 3.52. The molecule has 7 nitrogen and oxygen atoms in total. The van der Waals surface area contributed by atoms with E-state index in [4.69, 9.17) is 10.8 Å². The average molecular weight is 285 g/mol. The molecule has 0 aliphatic carbocycles. The summed E-state index contributed by atoms with van der Waals surface area (Å²) in [4.78, 5) is 37.3. The second-order valence-corrected chi connectivity index (χ2v) is 5.18. The molecule has 0 aromatic rings. The zero-order chi connectivity index (χ0) is 15.1. The molecule has 0 spiro atoms. The van der Waals surface area contributed by atoms with E-state index in [9.17, 15) is 14.4 Å². The Labute approximate surface area is 118 Å². The summed E-state index contributed by atoms with van der Waals surface area (Å²) in [6.07, 6.45) is 4.15. The Kier molecular flexibility index (Phi) is 6.44. The molecule has 3 N–H and O–H groups in total. The molecule has 1 fully saturated rings. The predicted molar refractivity (Wildman–Crippen MR) is 72.9 cm³/mol. The van der Waals surface area contributed by atoms with Gasteiger partial charge in [0, 0.05) is 13.1 Å². The van der Waals surface area contributed by atoms with Crippen molar-refractivity contribution in [2.75, 3.05) is 26.2 Å². The van der Waals surface area contributed by atoms with Gasteiger partial charge in [-0.3, -0.25) is 19.3 Å². The Hall–Kier alpha value is -1.63. The summed E-state index contributed by atoms with van der Waals surface area (Å²) in [6, 6.07) is -0.656. The van der Waals surface area contributed by atoms with Crippen LogP contribution in [0.4, 0.5) is 0 Å². The third-order valence-electron chi connectivity index (χ3n) is 3.52. The first kappa shape index (κ1) is 16.4. The molecule has 1 unspecified atom stereocenters. The SMILES string of the molecule is CC(C(=O)N1CCCCCC1)N(CC(N)=O)CC(=O)O. The first-order valence-corrected chi connectivity index (χ1v) is 6.94. The highest BCUT2D eigenvalue weighted by Gasteiger charge is 2.28. The zero-order valence-electron chi connectivity index (χ0n) is 11.9. The maximum Gasteiger partial charge on any atom is 0.317 e. The quantitative estimate of drug-likeness (QED) is 0.694. The first-order chi connectivity index (χ1) is 9.41. The van der Waals surface area contributed by atoms with Crippen LogP contribution in [-0.4, -0.2) is 64.9 Å². The minimum Gasteiger partial charge on any atom is -0.480 e. The summed E-state index contributed by atoms with van der Waals surface area (Å²) in [7, 11) is 0. The minimum atomic E-state index is -1.08. The molecule has 0 aromatic carbocycles. The van der Waals surface area contributed by atoms with E-state index < -0.39 is 17.9 Å². The molecule has 1 saturated heterocycles. The van der Waals surface area contributed by atoms with Gasteiger partial charge in [-0.25, -0.2) is 0 Å². The highest BCUT2D eigenvalue weighted by molar-refractivity contribution is 5.84. The van der Waals surface area contributed by atoms with E-state index >= 15 is 0 Å². The number of hydrogen-bond acceptors (Lipinski definition) is 4. The van der Waals surface area contributed by atoms with Crippen LogP contribution in [0.3, 0.4) is 0 Å². The lowest BCUT2D eigenvalue weighted by molar-refractivity contribution is -0.142. The molecule has 1 aliphatic rings. The number of nitrogens with zero attached hydrogens (tertiary/aromatic N) is 2. The highest BCUT2D eigenvalue weighted by atomic mass is 16.4. The van der Waals surface area contributed by atoms with Gasteiger partial charge in [0.15, 0.2) is 0 Å². The standard InChI is InChI=1S/C13H23N3O4/c1-10(16(8-11(14)17)9-12(18)19)13(20)15-6-4-2-3-5-7-15/h10H,2-9H2,1H3,(H2,14,17)(H,18,19). The molecule has 20 heavy (non-hydrogen) atoms. The molecule has 0 aromatic heterocycles. The number of aliphatic carboxylic acids is 1. The van der Waals surface area contributed by atoms with E-state index in [1.54, 1.807) is 11.8 Å². The number of primary amides is 1. The van der Waals surface area contributed by atoms with Crippen LogP contribution in [0.15, 0.2) is 0 Å². The second kappa shape index (κ2) is 7.84. The number of rotatable bonds is 6. The van der Waals surface area contributed by atoms with Crippen LogP contribution in [0, 0.1) is 0 Å². The van der Waals surface area contributed by atoms with Crippen LogP contribution in [0.25, 0.3) is 0 Å². The maximum absolute atomic E-state index is 12.4. The molecular formula is C13H23N3O4. The maximum atomic E-state index is 12.4. The molecule has 0 radical (unpaired) electrons. The lowest BCUT2D eigenvalue weighted by atomic mass is 10.2. The first-order valence-electron chi connectivity index (χ1n) is 6.94. The van der Waals surface area contributed by atoms with Gasteiger partial charge in [-0.2, -0.15) is 0 Å². The van der Waals surface area contributed by atoms with Crippen LogP contribution in [0.1, 0.15) is 32.6 Å². The lowest BCUT2D eigenvalue weighted by Crippen LogP contribution is -2.51. The van der Waals surface area contributed by atoms with Gasteiger partial charge in [-0.1, -0.05) is 12.8 Å². The van der Waals surface area contributed by atoms with Gasteiger partial charge in [-0.05, 0) is 19.8 Å². The van der Waals surface area contributed by atoms with Gasteiger partial charge in [0.25, 0.3) is 0 Å². The second-order valence-electron chi connectivity index (χ2n) is 5.18. The Balaban J connectivity index is 2.70. The van der Waals surface area contributed by atoms with Crippen molar-refractivity contribution >= 4 is 17.8 Å². The van der Waals surface area contributed by atoms with Crippen molar-refractivity contribution in [3.63, 3.8) is 0 Å². The summed E-state index contributed by atoms with van der Waals surface area (Å²) in [5, 5.41) is 8.86. The largest absolute Gasteiger partial charge is 0.480 e. The van der Waals surface area contributed by atoms with Crippen LogP contribution in [0.5, 0.6) is 0 Å². The molecule has 114 valence electrons. The Morgan fingerprint density at radius 2 is 1.70 bits per heavy atom.